The first kappa shape index (κ1) is 27.0. The van der Waals surface area contributed by atoms with Crippen LogP contribution in [-0.2, 0) is 17.1 Å². The lowest BCUT2D eigenvalue weighted by atomic mass is 9.91. The van der Waals surface area contributed by atoms with E-state index in [2.05, 4.69) is 20.6 Å². The van der Waals surface area contributed by atoms with Crippen molar-refractivity contribution in [3.05, 3.63) is 46.6 Å². The Kier molecular flexibility index (Phi) is 7.31. The Bertz CT molecular complexity index is 1110. The van der Waals surface area contributed by atoms with E-state index in [1.807, 2.05) is 25.9 Å². The number of hydrogen-bond donors (Lipinski definition) is 2. The van der Waals surface area contributed by atoms with Gasteiger partial charge in [-0.2, -0.15) is 31.3 Å². The standard InChI is InChI=1S/C25H29F6N5O/c1-13-12-32-23(35-21(13)36(2)3)34-18-6-4-17(5-7-18)33-22(37)20-11-19(20)14-8-15(24(26,27)28)10-16(9-14)25(29,30)31/h8-10,12,17-20H,4-7,11H2,1-3H3,(H,33,37)(H,32,34,35)/t17-,18-,19-,20-/m1/s1. The van der Waals surface area contributed by atoms with Gasteiger partial charge in [-0.3, -0.25) is 4.79 Å². The highest BCUT2D eigenvalue weighted by molar-refractivity contribution is 5.83. The summed E-state index contributed by atoms with van der Waals surface area (Å²) < 4.78 is 79.0. The van der Waals surface area contributed by atoms with E-state index in [1.165, 1.54) is 0 Å². The lowest BCUT2D eigenvalue weighted by Gasteiger charge is -2.30. The second kappa shape index (κ2) is 10.0. The number of anilines is 2. The predicted molar refractivity (Wildman–Crippen MR) is 126 cm³/mol. The van der Waals surface area contributed by atoms with Gasteiger partial charge in [0.2, 0.25) is 11.9 Å². The lowest BCUT2D eigenvalue weighted by Crippen LogP contribution is -2.41. The summed E-state index contributed by atoms with van der Waals surface area (Å²) in [5.74, 6) is -0.274. The van der Waals surface area contributed by atoms with Crippen molar-refractivity contribution in [1.29, 1.82) is 0 Å². The molecule has 6 nitrogen and oxygen atoms in total. The summed E-state index contributed by atoms with van der Waals surface area (Å²) in [6.07, 6.45) is -4.94. The molecule has 37 heavy (non-hydrogen) atoms. The van der Waals surface area contributed by atoms with E-state index in [4.69, 9.17) is 0 Å². The fraction of sp³-hybridized carbons (Fsp3) is 0.560. The molecule has 2 saturated carbocycles. The summed E-state index contributed by atoms with van der Waals surface area (Å²) in [4.78, 5) is 23.5. The zero-order chi connectivity index (χ0) is 27.1. The number of rotatable bonds is 6. The molecule has 0 unspecified atom stereocenters. The maximum absolute atomic E-state index is 13.2. The number of benzene rings is 1. The molecule has 0 bridgehead atoms. The van der Waals surface area contributed by atoms with E-state index < -0.39 is 35.3 Å². The molecule has 0 aliphatic heterocycles. The van der Waals surface area contributed by atoms with E-state index in [9.17, 15) is 31.1 Å². The highest BCUT2D eigenvalue weighted by Gasteiger charge is 2.46. The van der Waals surface area contributed by atoms with Crippen molar-refractivity contribution in [3.8, 4) is 0 Å². The number of carbonyl (C=O) groups excluding carboxylic acids is 1. The van der Waals surface area contributed by atoms with Crippen LogP contribution in [0.2, 0.25) is 0 Å². The molecule has 2 aromatic rings. The van der Waals surface area contributed by atoms with Crippen LogP contribution < -0.4 is 15.5 Å². The second-order valence-corrected chi connectivity index (χ2v) is 10.1. The number of carbonyl (C=O) groups is 1. The molecule has 2 atom stereocenters. The Morgan fingerprint density at radius 2 is 1.51 bits per heavy atom. The third kappa shape index (κ3) is 6.45. The quantitative estimate of drug-likeness (QED) is 0.482. The number of aryl methyl sites for hydroxylation is 1. The minimum absolute atomic E-state index is 0.102. The first-order valence-electron chi connectivity index (χ1n) is 12.1. The van der Waals surface area contributed by atoms with Gasteiger partial charge < -0.3 is 15.5 Å². The van der Waals surface area contributed by atoms with Crippen LogP contribution in [-0.4, -0.2) is 42.1 Å². The van der Waals surface area contributed by atoms with E-state index in [1.54, 1.807) is 6.20 Å². The first-order valence-corrected chi connectivity index (χ1v) is 12.1. The fourth-order valence-electron chi connectivity index (χ4n) is 4.87. The van der Waals surface area contributed by atoms with Gasteiger partial charge in [0.1, 0.15) is 5.82 Å². The monoisotopic (exact) mass is 529 g/mol. The first-order chi connectivity index (χ1) is 17.2. The molecule has 1 aromatic heterocycles. The van der Waals surface area contributed by atoms with Crippen LogP contribution in [0.3, 0.4) is 0 Å². The van der Waals surface area contributed by atoms with Crippen molar-refractivity contribution in [2.45, 2.75) is 69.4 Å². The molecule has 202 valence electrons. The minimum Gasteiger partial charge on any atom is -0.362 e. The Labute approximate surface area is 210 Å². The van der Waals surface area contributed by atoms with Crippen LogP contribution in [0, 0.1) is 12.8 Å². The van der Waals surface area contributed by atoms with E-state index in [-0.39, 0.29) is 36.0 Å². The summed E-state index contributed by atoms with van der Waals surface area (Å²) in [5.41, 5.74) is -1.86. The molecule has 2 fully saturated rings. The number of nitrogens with one attached hydrogen (secondary N) is 2. The maximum atomic E-state index is 13.2. The zero-order valence-electron chi connectivity index (χ0n) is 20.7. The van der Waals surface area contributed by atoms with Crippen molar-refractivity contribution >= 4 is 17.7 Å². The molecular weight excluding hydrogens is 500 g/mol. The van der Waals surface area contributed by atoms with Crippen LogP contribution >= 0.6 is 0 Å². The minimum atomic E-state index is -4.91. The molecule has 4 rings (SSSR count). The summed E-state index contributed by atoms with van der Waals surface area (Å²) in [7, 11) is 3.80. The number of halogens is 6. The SMILES string of the molecule is Cc1cnc(N[C@H]2CC[C@H](NC(=O)[C@@H]3C[C@@H]3c3cc(C(F)(F)F)cc(C(F)(F)F)c3)CC2)nc1N(C)C. The van der Waals surface area contributed by atoms with Crippen molar-refractivity contribution in [1.82, 2.24) is 15.3 Å². The topological polar surface area (TPSA) is 70.1 Å². The van der Waals surface area contributed by atoms with E-state index in [0.717, 1.165) is 36.4 Å². The van der Waals surface area contributed by atoms with Crippen molar-refractivity contribution < 1.29 is 31.1 Å². The molecule has 2 aliphatic carbocycles. The van der Waals surface area contributed by atoms with Crippen molar-refractivity contribution in [2.24, 2.45) is 5.92 Å². The molecule has 1 aromatic carbocycles. The number of hydrogen-bond acceptors (Lipinski definition) is 5. The van der Waals surface area contributed by atoms with Gasteiger partial charge in [0.05, 0.1) is 11.1 Å². The van der Waals surface area contributed by atoms with Gasteiger partial charge in [-0.1, -0.05) is 0 Å². The van der Waals surface area contributed by atoms with Crippen LogP contribution in [0.25, 0.3) is 0 Å². The van der Waals surface area contributed by atoms with Crippen LogP contribution in [0.4, 0.5) is 38.1 Å². The van der Waals surface area contributed by atoms with Gasteiger partial charge in [0, 0.05) is 43.9 Å². The van der Waals surface area contributed by atoms with Gasteiger partial charge in [-0.25, -0.2) is 4.98 Å². The third-order valence-corrected chi connectivity index (χ3v) is 6.94. The van der Waals surface area contributed by atoms with Gasteiger partial charge in [0.15, 0.2) is 0 Å². The average Bonchev–Trinajstić information content (AvgIpc) is 3.61. The Morgan fingerprint density at radius 1 is 0.946 bits per heavy atom. The average molecular weight is 530 g/mol. The second-order valence-electron chi connectivity index (χ2n) is 10.1. The Morgan fingerprint density at radius 3 is 2.05 bits per heavy atom. The number of amides is 1. The summed E-state index contributed by atoms with van der Waals surface area (Å²) >= 11 is 0. The van der Waals surface area contributed by atoms with Crippen LogP contribution in [0.5, 0.6) is 0 Å². The van der Waals surface area contributed by atoms with Crippen LogP contribution in [0.1, 0.15) is 60.3 Å². The lowest BCUT2D eigenvalue weighted by molar-refractivity contribution is -0.143. The normalized spacial score (nSPS) is 23.9. The number of aromatic nitrogens is 2. The smallest absolute Gasteiger partial charge is 0.362 e. The fourth-order valence-corrected chi connectivity index (χ4v) is 4.87. The van der Waals surface area contributed by atoms with Crippen molar-refractivity contribution in [3.63, 3.8) is 0 Å². The van der Waals surface area contributed by atoms with Crippen molar-refractivity contribution in [2.75, 3.05) is 24.3 Å². The highest BCUT2D eigenvalue weighted by Crippen LogP contribution is 2.50. The molecular formula is C25H29F6N5O. The van der Waals surface area contributed by atoms with E-state index >= 15 is 0 Å². The maximum Gasteiger partial charge on any atom is 0.416 e. The molecule has 12 heteroatoms. The zero-order valence-corrected chi connectivity index (χ0v) is 20.7. The van der Waals surface area contributed by atoms with Gasteiger partial charge >= 0.3 is 12.4 Å². The summed E-state index contributed by atoms with van der Waals surface area (Å²) in [5, 5.41) is 6.27. The molecule has 0 radical (unpaired) electrons. The molecule has 0 saturated heterocycles. The number of nitrogens with zero attached hydrogens (tertiary/aromatic N) is 3. The highest BCUT2D eigenvalue weighted by atomic mass is 19.4. The van der Waals surface area contributed by atoms with E-state index in [0.29, 0.717) is 18.8 Å². The largest absolute Gasteiger partial charge is 0.416 e. The predicted octanol–water partition coefficient (Wildman–Crippen LogP) is 5.53. The molecule has 2 aliphatic rings. The third-order valence-electron chi connectivity index (χ3n) is 6.94. The molecule has 2 N–H and O–H groups in total. The van der Waals surface area contributed by atoms with Crippen LogP contribution in [0.15, 0.2) is 24.4 Å². The summed E-state index contributed by atoms with van der Waals surface area (Å²) in [6.45, 7) is 1.93. The molecule has 1 amide bonds. The Hall–Kier alpha value is -3.05. The molecule has 1 heterocycles. The summed E-state index contributed by atoms with van der Waals surface area (Å²) in [6, 6.07) is 1.58. The van der Waals surface area contributed by atoms with Gasteiger partial charge in [-0.05, 0) is 68.7 Å². The number of alkyl halides is 6. The van der Waals surface area contributed by atoms with Gasteiger partial charge in [-0.15, -0.1) is 0 Å². The Balaban J connectivity index is 1.32. The van der Waals surface area contributed by atoms with Gasteiger partial charge in [0.25, 0.3) is 0 Å². The molecule has 0 spiro atoms.